The molecule has 2 aromatic heterocycles. The molecule has 0 saturated carbocycles. The van der Waals surface area contributed by atoms with Crippen molar-refractivity contribution in [2.45, 2.75) is 0 Å². The zero-order valence-corrected chi connectivity index (χ0v) is 21.7. The molecule has 3 heterocycles. The summed E-state index contributed by atoms with van der Waals surface area (Å²) in [6.07, 6.45) is 1.61. The lowest BCUT2D eigenvalue weighted by atomic mass is 10.2. The molecule has 5 aromatic rings. The van der Waals surface area contributed by atoms with Crippen LogP contribution in [0.2, 0.25) is 10.0 Å². The monoisotopic (exact) mass is 530 g/mol. The maximum Gasteiger partial charge on any atom is 0.170 e. The molecule has 9 heteroatoms. The molecule has 0 amide bonds. The van der Waals surface area contributed by atoms with Crippen molar-refractivity contribution in [3.63, 3.8) is 0 Å². The van der Waals surface area contributed by atoms with Crippen molar-refractivity contribution in [3.05, 3.63) is 89.2 Å². The van der Waals surface area contributed by atoms with Gasteiger partial charge in [-0.3, -0.25) is 4.57 Å². The first-order chi connectivity index (χ1) is 18.1. The van der Waals surface area contributed by atoms with Crippen LogP contribution in [0.25, 0.3) is 28.2 Å². The van der Waals surface area contributed by atoms with E-state index in [4.69, 9.17) is 32.9 Å². The van der Waals surface area contributed by atoms with E-state index in [0.717, 1.165) is 60.2 Å². The standard InChI is InChI=1S/C28H24Cl2N6O/c1-37-22-12-10-20(11-13-22)34-14-16-35(17-15-34)27-25-28(32-18-31-27)36(21-8-6-19(29)7-9-21)26(33-25)23-4-2-3-5-24(23)30/h2-13,18H,14-17H2,1H3. The van der Waals surface area contributed by atoms with Gasteiger partial charge in [0.1, 0.15) is 17.9 Å². The largest absolute Gasteiger partial charge is 0.497 e. The number of methoxy groups -OCH3 is 1. The molecule has 0 radical (unpaired) electrons. The summed E-state index contributed by atoms with van der Waals surface area (Å²) >= 11 is 12.8. The number of nitrogens with zero attached hydrogens (tertiary/aromatic N) is 6. The van der Waals surface area contributed by atoms with Crippen LogP contribution in [0.4, 0.5) is 11.5 Å². The van der Waals surface area contributed by atoms with Gasteiger partial charge in [0.15, 0.2) is 17.0 Å². The Labute approximate surface area is 224 Å². The third-order valence-corrected chi connectivity index (χ3v) is 7.22. The SMILES string of the molecule is COc1ccc(N2CCN(c3ncnc4c3nc(-c3ccccc3Cl)n4-c3ccc(Cl)cc3)CC2)cc1. The second kappa shape index (κ2) is 9.92. The van der Waals surface area contributed by atoms with Crippen molar-refractivity contribution in [2.24, 2.45) is 0 Å². The summed E-state index contributed by atoms with van der Waals surface area (Å²) in [5, 5.41) is 1.29. The van der Waals surface area contributed by atoms with E-state index in [-0.39, 0.29) is 0 Å². The number of ether oxygens (including phenoxy) is 1. The predicted molar refractivity (Wildman–Crippen MR) is 150 cm³/mol. The minimum Gasteiger partial charge on any atom is -0.497 e. The van der Waals surface area contributed by atoms with Crippen molar-refractivity contribution in [1.29, 1.82) is 0 Å². The highest BCUT2D eigenvalue weighted by molar-refractivity contribution is 6.33. The van der Waals surface area contributed by atoms with Crippen molar-refractivity contribution in [3.8, 4) is 22.8 Å². The maximum absolute atomic E-state index is 6.62. The molecule has 0 spiro atoms. The predicted octanol–water partition coefficient (Wildman–Crippen LogP) is 6.12. The van der Waals surface area contributed by atoms with Crippen LogP contribution in [0.15, 0.2) is 79.1 Å². The van der Waals surface area contributed by atoms with E-state index < -0.39 is 0 Å². The van der Waals surface area contributed by atoms with Gasteiger partial charge in [-0.15, -0.1) is 0 Å². The van der Waals surface area contributed by atoms with Crippen LogP contribution in [0.1, 0.15) is 0 Å². The number of anilines is 2. The van der Waals surface area contributed by atoms with Crippen LogP contribution in [0.3, 0.4) is 0 Å². The molecule has 0 unspecified atom stereocenters. The molecule has 37 heavy (non-hydrogen) atoms. The molecule has 0 bridgehead atoms. The molecular formula is C28H24Cl2N6O. The number of halogens is 2. The van der Waals surface area contributed by atoms with Gasteiger partial charge in [-0.1, -0.05) is 35.3 Å². The number of imidazole rings is 1. The minimum absolute atomic E-state index is 0.621. The summed E-state index contributed by atoms with van der Waals surface area (Å²) in [5.41, 5.74) is 4.37. The molecule has 1 saturated heterocycles. The van der Waals surface area contributed by atoms with Gasteiger partial charge < -0.3 is 14.5 Å². The fourth-order valence-corrected chi connectivity index (χ4v) is 5.09. The Hall–Kier alpha value is -3.81. The summed E-state index contributed by atoms with van der Waals surface area (Å²) in [6.45, 7) is 3.36. The quantitative estimate of drug-likeness (QED) is 0.272. The topological polar surface area (TPSA) is 59.3 Å². The van der Waals surface area contributed by atoms with Crippen LogP contribution in [-0.4, -0.2) is 52.8 Å². The lowest BCUT2D eigenvalue weighted by molar-refractivity contribution is 0.415. The van der Waals surface area contributed by atoms with E-state index >= 15 is 0 Å². The lowest BCUT2D eigenvalue weighted by Gasteiger charge is -2.36. The van der Waals surface area contributed by atoms with Crippen molar-refractivity contribution in [2.75, 3.05) is 43.1 Å². The van der Waals surface area contributed by atoms with Gasteiger partial charge >= 0.3 is 0 Å². The van der Waals surface area contributed by atoms with Gasteiger partial charge in [0, 0.05) is 48.1 Å². The van der Waals surface area contributed by atoms with Gasteiger partial charge in [0.2, 0.25) is 0 Å². The fourth-order valence-electron chi connectivity index (χ4n) is 4.74. The molecule has 0 aliphatic carbocycles. The van der Waals surface area contributed by atoms with Crippen LogP contribution in [-0.2, 0) is 0 Å². The van der Waals surface area contributed by atoms with Crippen molar-refractivity contribution in [1.82, 2.24) is 19.5 Å². The number of fused-ring (bicyclic) bond motifs is 1. The van der Waals surface area contributed by atoms with E-state index in [1.165, 1.54) is 5.69 Å². The Bertz CT molecular complexity index is 1540. The molecule has 7 nitrogen and oxygen atoms in total. The zero-order chi connectivity index (χ0) is 25.4. The minimum atomic E-state index is 0.621. The highest BCUT2D eigenvalue weighted by atomic mass is 35.5. The van der Waals surface area contributed by atoms with Crippen LogP contribution in [0.5, 0.6) is 5.75 Å². The highest BCUT2D eigenvalue weighted by Gasteiger charge is 2.25. The number of hydrogen-bond donors (Lipinski definition) is 0. The number of piperazine rings is 1. The Kier molecular flexibility index (Phi) is 6.32. The molecule has 1 aliphatic heterocycles. The van der Waals surface area contributed by atoms with Crippen molar-refractivity contribution >= 4 is 45.9 Å². The number of benzene rings is 3. The normalized spacial score (nSPS) is 13.8. The second-order valence-corrected chi connectivity index (χ2v) is 9.61. The van der Waals surface area contributed by atoms with Gasteiger partial charge in [0.05, 0.1) is 12.1 Å². The third kappa shape index (κ3) is 4.45. The molecule has 1 aliphatic rings. The molecule has 1 fully saturated rings. The number of rotatable bonds is 5. The van der Waals surface area contributed by atoms with Gasteiger partial charge in [-0.25, -0.2) is 15.0 Å². The molecule has 3 aromatic carbocycles. The second-order valence-electron chi connectivity index (χ2n) is 8.77. The number of aromatic nitrogens is 4. The molecule has 0 N–H and O–H groups in total. The summed E-state index contributed by atoms with van der Waals surface area (Å²) in [5.74, 6) is 2.39. The summed E-state index contributed by atoms with van der Waals surface area (Å²) in [4.78, 5) is 19.0. The Morgan fingerprint density at radius 1 is 0.757 bits per heavy atom. The average molecular weight is 531 g/mol. The molecular weight excluding hydrogens is 507 g/mol. The van der Waals surface area contributed by atoms with Gasteiger partial charge in [-0.05, 0) is 60.7 Å². The van der Waals surface area contributed by atoms with E-state index in [2.05, 4.69) is 31.9 Å². The Morgan fingerprint density at radius 3 is 2.14 bits per heavy atom. The van der Waals surface area contributed by atoms with Crippen molar-refractivity contribution < 1.29 is 4.74 Å². The fraction of sp³-hybridized carbons (Fsp3) is 0.179. The van der Waals surface area contributed by atoms with Gasteiger partial charge in [-0.2, -0.15) is 0 Å². The van der Waals surface area contributed by atoms with Gasteiger partial charge in [0.25, 0.3) is 0 Å². The number of hydrogen-bond acceptors (Lipinski definition) is 6. The van der Waals surface area contributed by atoms with E-state index in [9.17, 15) is 0 Å². The van der Waals surface area contributed by atoms with E-state index in [1.807, 2.05) is 65.2 Å². The summed E-state index contributed by atoms with van der Waals surface area (Å²) in [7, 11) is 1.68. The van der Waals surface area contributed by atoms with E-state index in [1.54, 1.807) is 13.4 Å². The first-order valence-electron chi connectivity index (χ1n) is 12.0. The molecule has 186 valence electrons. The Morgan fingerprint density at radius 2 is 1.43 bits per heavy atom. The summed E-state index contributed by atoms with van der Waals surface area (Å²) in [6, 6.07) is 23.5. The first-order valence-corrected chi connectivity index (χ1v) is 12.8. The molecule has 0 atom stereocenters. The van der Waals surface area contributed by atoms with E-state index in [0.29, 0.717) is 15.9 Å². The highest BCUT2D eigenvalue weighted by Crippen LogP contribution is 2.35. The molecule has 6 rings (SSSR count). The summed E-state index contributed by atoms with van der Waals surface area (Å²) < 4.78 is 7.32. The first kappa shape index (κ1) is 23.6. The third-order valence-electron chi connectivity index (χ3n) is 6.64. The van der Waals surface area contributed by atoms with Crippen LogP contribution in [0, 0.1) is 0 Å². The van der Waals surface area contributed by atoms with Crippen LogP contribution < -0.4 is 14.5 Å². The lowest BCUT2D eigenvalue weighted by Crippen LogP contribution is -2.47. The smallest absolute Gasteiger partial charge is 0.170 e. The zero-order valence-electron chi connectivity index (χ0n) is 20.2. The maximum atomic E-state index is 6.62. The average Bonchev–Trinajstić information content (AvgIpc) is 3.33. The van der Waals surface area contributed by atoms with Crippen LogP contribution >= 0.6 is 23.2 Å². The Balaban J connectivity index is 1.39.